The predicted octanol–water partition coefficient (Wildman–Crippen LogP) is 15.6. The predicted molar refractivity (Wildman–Crippen MR) is 243 cm³/mol. The van der Waals surface area contributed by atoms with Gasteiger partial charge >= 0.3 is 0 Å². The summed E-state index contributed by atoms with van der Waals surface area (Å²) >= 11 is 0. The van der Waals surface area contributed by atoms with Crippen LogP contribution in [0.25, 0.3) is 61.7 Å². The van der Waals surface area contributed by atoms with E-state index in [0.29, 0.717) is 0 Å². The Morgan fingerprint density at radius 3 is 2.05 bits per heavy atom. The summed E-state index contributed by atoms with van der Waals surface area (Å²) in [6.07, 6.45) is 10.8. The summed E-state index contributed by atoms with van der Waals surface area (Å²) in [5.41, 5.74) is 19.7. The van der Waals surface area contributed by atoms with Gasteiger partial charge in [-0.15, -0.1) is 0 Å². The van der Waals surface area contributed by atoms with Crippen molar-refractivity contribution >= 4 is 34.1 Å². The molecule has 1 heterocycles. The lowest BCUT2D eigenvalue weighted by atomic mass is 9.76. The van der Waals surface area contributed by atoms with Gasteiger partial charge in [0.1, 0.15) is 11.3 Å². The fraction of sp³-hybridized carbons (Fsp3) is 0.143. The van der Waals surface area contributed by atoms with E-state index in [1.54, 1.807) is 0 Å². The fourth-order valence-electron chi connectivity index (χ4n) is 10.8. The highest BCUT2D eigenvalue weighted by Crippen LogP contribution is 2.59. The summed E-state index contributed by atoms with van der Waals surface area (Å²) in [5.74, 6) is 0.861. The van der Waals surface area contributed by atoms with E-state index < -0.39 is 0 Å². The van der Waals surface area contributed by atoms with Crippen LogP contribution >= 0.6 is 0 Å². The van der Waals surface area contributed by atoms with Crippen LogP contribution in [0.4, 0.5) is 17.1 Å². The van der Waals surface area contributed by atoms with Crippen LogP contribution in [-0.2, 0) is 10.8 Å². The third kappa shape index (κ3) is 5.04. The molecule has 1 saturated carbocycles. The van der Waals surface area contributed by atoms with Gasteiger partial charge in [0.2, 0.25) is 0 Å². The largest absolute Gasteiger partial charge is 0.455 e. The van der Waals surface area contributed by atoms with Crippen LogP contribution in [0.5, 0.6) is 0 Å². The molecule has 2 heteroatoms. The molecule has 0 radical (unpaired) electrons. The molecule has 11 rings (SSSR count). The van der Waals surface area contributed by atoms with Gasteiger partial charge in [-0.05, 0) is 87.7 Å². The molecule has 8 aromatic rings. The van der Waals surface area contributed by atoms with Crippen LogP contribution in [0.3, 0.4) is 0 Å². The molecular weight excluding hydrogens is 703 g/mol. The Morgan fingerprint density at radius 1 is 0.569 bits per heavy atom. The minimum atomic E-state index is -0.119. The van der Waals surface area contributed by atoms with Gasteiger partial charge in [0.15, 0.2) is 0 Å². The first kappa shape index (κ1) is 34.6. The average molecular weight is 748 g/mol. The number of para-hydroxylation sites is 1. The molecule has 2 nitrogen and oxygen atoms in total. The minimum Gasteiger partial charge on any atom is -0.455 e. The van der Waals surface area contributed by atoms with E-state index >= 15 is 0 Å². The zero-order valence-corrected chi connectivity index (χ0v) is 33.1. The molecule has 0 saturated heterocycles. The van der Waals surface area contributed by atoms with Crippen molar-refractivity contribution in [3.05, 3.63) is 204 Å². The monoisotopic (exact) mass is 747 g/mol. The minimum absolute atomic E-state index is 0.0613. The standard InChI is InChI=1S/C56H45NO/c1-4-5-22-44-45-26-16-25-41(54(45)58-53(44)37-18-7-6-8-19-37)38-20-15-21-39(35-38)57(51-30-17-29-49-52(51)46-24-10-11-27-47(46)55(49,2)3)40-31-32-43-42-23-9-12-28-48(42)56(50(43)36-40)33-13-14-34-56/h4-12,15-32,35-36H,1,13-14,33-34H2,2-3H3/b22-5-. The second kappa shape index (κ2) is 13.2. The molecule has 0 aliphatic heterocycles. The second-order valence-corrected chi connectivity index (χ2v) is 16.8. The Bertz CT molecular complexity index is 2950. The third-order valence-electron chi connectivity index (χ3n) is 13.4. The lowest BCUT2D eigenvalue weighted by Crippen LogP contribution is -2.21. The maximum Gasteiger partial charge on any atom is 0.143 e. The topological polar surface area (TPSA) is 16.4 Å². The number of fused-ring (bicyclic) bond motifs is 9. The van der Waals surface area contributed by atoms with Crippen molar-refractivity contribution in [1.29, 1.82) is 0 Å². The van der Waals surface area contributed by atoms with Gasteiger partial charge in [-0.2, -0.15) is 0 Å². The number of furan rings is 1. The number of anilines is 3. The van der Waals surface area contributed by atoms with Crippen molar-refractivity contribution in [3.63, 3.8) is 0 Å². The Labute approximate surface area is 341 Å². The number of benzene rings is 7. The summed E-state index contributed by atoms with van der Waals surface area (Å²) in [4.78, 5) is 2.53. The fourth-order valence-corrected chi connectivity index (χ4v) is 10.8. The highest BCUT2D eigenvalue weighted by molar-refractivity contribution is 6.03. The first-order valence-electron chi connectivity index (χ1n) is 20.8. The van der Waals surface area contributed by atoms with E-state index in [-0.39, 0.29) is 10.8 Å². The molecule has 0 amide bonds. The van der Waals surface area contributed by atoms with Gasteiger partial charge in [0.25, 0.3) is 0 Å². The molecule has 0 bridgehead atoms. The maximum atomic E-state index is 6.90. The molecule has 3 aliphatic carbocycles. The van der Waals surface area contributed by atoms with E-state index in [1.165, 1.54) is 81.6 Å². The molecule has 0 atom stereocenters. The number of nitrogens with zero attached hydrogens (tertiary/aromatic N) is 1. The van der Waals surface area contributed by atoms with E-state index in [4.69, 9.17) is 4.42 Å². The van der Waals surface area contributed by atoms with E-state index in [9.17, 15) is 0 Å². The summed E-state index contributed by atoms with van der Waals surface area (Å²) in [6, 6.07) is 58.4. The third-order valence-corrected chi connectivity index (χ3v) is 13.4. The highest BCUT2D eigenvalue weighted by atomic mass is 16.3. The van der Waals surface area contributed by atoms with Crippen LogP contribution < -0.4 is 4.90 Å². The Balaban J connectivity index is 1.14. The van der Waals surface area contributed by atoms with Gasteiger partial charge < -0.3 is 9.32 Å². The zero-order valence-electron chi connectivity index (χ0n) is 33.1. The number of hydrogen-bond acceptors (Lipinski definition) is 2. The molecule has 1 fully saturated rings. The molecular formula is C56H45NO. The molecule has 0 unspecified atom stereocenters. The summed E-state index contributed by atoms with van der Waals surface area (Å²) < 4.78 is 6.90. The second-order valence-electron chi connectivity index (χ2n) is 16.8. The quantitative estimate of drug-likeness (QED) is 0.151. The van der Waals surface area contributed by atoms with Gasteiger partial charge in [0, 0.05) is 49.8 Å². The molecule has 0 N–H and O–H groups in total. The van der Waals surface area contributed by atoms with E-state index in [2.05, 4.69) is 183 Å². The van der Waals surface area contributed by atoms with E-state index in [1.807, 2.05) is 18.2 Å². The van der Waals surface area contributed by atoms with Crippen molar-refractivity contribution in [2.24, 2.45) is 0 Å². The first-order valence-corrected chi connectivity index (χ1v) is 20.8. The van der Waals surface area contributed by atoms with Crippen molar-refractivity contribution in [1.82, 2.24) is 0 Å². The highest BCUT2D eigenvalue weighted by Gasteiger charge is 2.45. The molecule has 58 heavy (non-hydrogen) atoms. The van der Waals surface area contributed by atoms with Gasteiger partial charge in [-0.1, -0.05) is 179 Å². The van der Waals surface area contributed by atoms with Crippen LogP contribution in [0.2, 0.25) is 0 Å². The summed E-state index contributed by atoms with van der Waals surface area (Å²) in [5, 5.41) is 1.08. The van der Waals surface area contributed by atoms with Crippen molar-refractivity contribution in [2.45, 2.75) is 50.4 Å². The maximum absolute atomic E-state index is 6.90. The van der Waals surface area contributed by atoms with Gasteiger partial charge in [0.05, 0.1) is 5.69 Å². The smallest absolute Gasteiger partial charge is 0.143 e. The Morgan fingerprint density at radius 2 is 1.22 bits per heavy atom. The Hall–Kier alpha value is -6.64. The summed E-state index contributed by atoms with van der Waals surface area (Å²) in [7, 11) is 0. The molecule has 280 valence electrons. The van der Waals surface area contributed by atoms with Crippen LogP contribution in [0, 0.1) is 0 Å². The number of rotatable bonds is 7. The molecule has 1 spiro atoms. The lowest BCUT2D eigenvalue weighted by molar-refractivity contribution is 0.550. The molecule has 3 aliphatic rings. The van der Waals surface area contributed by atoms with Crippen molar-refractivity contribution in [3.8, 4) is 44.7 Å². The first-order chi connectivity index (χ1) is 28.5. The molecule has 7 aromatic carbocycles. The van der Waals surface area contributed by atoms with Crippen molar-refractivity contribution in [2.75, 3.05) is 4.90 Å². The van der Waals surface area contributed by atoms with Crippen LogP contribution in [0.15, 0.2) is 181 Å². The SMILES string of the molecule is C=C/C=C\c1c(-c2ccccc2)oc2c(-c3cccc(N(c4ccc5c(c4)C4(CCCC4)c4ccccc4-5)c4cccc5c4-c4ccccc4C5(C)C)c3)cccc12. The Kier molecular flexibility index (Phi) is 7.88. The lowest BCUT2D eigenvalue weighted by Gasteiger charge is -2.31. The number of hydrogen-bond donors (Lipinski definition) is 0. The van der Waals surface area contributed by atoms with Crippen LogP contribution in [-0.4, -0.2) is 0 Å². The summed E-state index contributed by atoms with van der Waals surface area (Å²) in [6.45, 7) is 8.69. The van der Waals surface area contributed by atoms with E-state index in [0.717, 1.165) is 44.7 Å². The average Bonchev–Trinajstić information content (AvgIpc) is 4.03. The zero-order chi connectivity index (χ0) is 39.0. The molecule has 1 aromatic heterocycles. The van der Waals surface area contributed by atoms with Crippen molar-refractivity contribution < 1.29 is 4.42 Å². The normalized spacial score (nSPS) is 15.4. The van der Waals surface area contributed by atoms with Crippen LogP contribution in [0.1, 0.15) is 67.3 Å². The van der Waals surface area contributed by atoms with Gasteiger partial charge in [-0.25, -0.2) is 0 Å². The number of allylic oxidation sites excluding steroid dienone is 2. The van der Waals surface area contributed by atoms with Gasteiger partial charge in [-0.3, -0.25) is 0 Å².